The van der Waals surface area contributed by atoms with Crippen LogP contribution in [0, 0.1) is 5.82 Å². The van der Waals surface area contributed by atoms with Gasteiger partial charge in [0.15, 0.2) is 6.61 Å². The van der Waals surface area contributed by atoms with E-state index in [0.717, 1.165) is 6.42 Å². The molecule has 0 aliphatic carbocycles. The Hall–Kier alpha value is -2.69. The van der Waals surface area contributed by atoms with Crippen LogP contribution >= 0.6 is 0 Å². The lowest BCUT2D eigenvalue weighted by Crippen LogP contribution is -2.21. The van der Waals surface area contributed by atoms with Gasteiger partial charge in [0, 0.05) is 5.69 Å². The third-order valence-corrected chi connectivity index (χ3v) is 4.00. The van der Waals surface area contributed by atoms with Gasteiger partial charge in [-0.15, -0.1) is 0 Å². The molecule has 0 aromatic heterocycles. The van der Waals surface area contributed by atoms with E-state index in [4.69, 9.17) is 4.74 Å². The topological polar surface area (TPSA) is 55.4 Å². The van der Waals surface area contributed by atoms with Crippen LogP contribution in [0.3, 0.4) is 0 Å². The van der Waals surface area contributed by atoms with Crippen molar-refractivity contribution in [2.75, 3.05) is 11.9 Å². The van der Waals surface area contributed by atoms with E-state index in [-0.39, 0.29) is 18.8 Å². The maximum atomic E-state index is 12.8. The summed E-state index contributed by atoms with van der Waals surface area (Å²) in [6.07, 6.45) is 1.05. The van der Waals surface area contributed by atoms with Crippen molar-refractivity contribution in [3.8, 4) is 0 Å². The Morgan fingerprint density at radius 1 is 1.08 bits per heavy atom. The summed E-state index contributed by atoms with van der Waals surface area (Å²) in [4.78, 5) is 23.6. The number of nitrogens with one attached hydrogen (secondary N) is 1. The zero-order chi connectivity index (χ0) is 18.2. The molecule has 0 saturated heterocycles. The fourth-order valence-electron chi connectivity index (χ4n) is 2.29. The van der Waals surface area contributed by atoms with Gasteiger partial charge in [0.1, 0.15) is 5.82 Å². The van der Waals surface area contributed by atoms with Gasteiger partial charge in [-0.3, -0.25) is 9.59 Å². The number of esters is 1. The molecule has 1 amide bonds. The van der Waals surface area contributed by atoms with Gasteiger partial charge in [-0.25, -0.2) is 4.39 Å². The van der Waals surface area contributed by atoms with Crippen LogP contribution in [0.2, 0.25) is 0 Å². The minimum atomic E-state index is -0.533. The first-order valence-corrected chi connectivity index (χ1v) is 8.27. The molecule has 1 atom stereocenters. The highest BCUT2D eigenvalue weighted by Crippen LogP contribution is 2.20. The van der Waals surface area contributed by atoms with Gasteiger partial charge in [-0.05, 0) is 47.7 Å². The van der Waals surface area contributed by atoms with Crippen molar-refractivity contribution in [2.45, 2.75) is 32.6 Å². The van der Waals surface area contributed by atoms with E-state index < -0.39 is 11.9 Å². The Morgan fingerprint density at radius 3 is 2.32 bits per heavy atom. The molecular weight excluding hydrogens is 321 g/mol. The van der Waals surface area contributed by atoms with Crippen molar-refractivity contribution in [1.29, 1.82) is 0 Å². The number of anilines is 1. The Kier molecular flexibility index (Phi) is 6.69. The third-order valence-electron chi connectivity index (χ3n) is 4.00. The van der Waals surface area contributed by atoms with Crippen LogP contribution in [-0.4, -0.2) is 18.5 Å². The van der Waals surface area contributed by atoms with Gasteiger partial charge in [0.05, 0.1) is 6.42 Å². The van der Waals surface area contributed by atoms with Crippen LogP contribution in [0.1, 0.15) is 37.3 Å². The fraction of sp³-hybridized carbons (Fsp3) is 0.300. The molecule has 0 radical (unpaired) electrons. The lowest BCUT2D eigenvalue weighted by molar-refractivity contribution is -0.146. The summed E-state index contributed by atoms with van der Waals surface area (Å²) in [6.45, 7) is 3.92. The molecule has 0 aliphatic heterocycles. The monoisotopic (exact) mass is 343 g/mol. The fourth-order valence-corrected chi connectivity index (χ4v) is 2.29. The molecule has 2 rings (SSSR count). The lowest BCUT2D eigenvalue weighted by Gasteiger charge is -2.10. The number of carbonyl (C=O) groups excluding carboxylic acids is 2. The van der Waals surface area contributed by atoms with E-state index in [1.54, 1.807) is 0 Å². The lowest BCUT2D eigenvalue weighted by atomic mass is 9.99. The van der Waals surface area contributed by atoms with E-state index in [1.807, 2.05) is 24.3 Å². The van der Waals surface area contributed by atoms with E-state index in [2.05, 4.69) is 19.2 Å². The summed E-state index contributed by atoms with van der Waals surface area (Å²) in [7, 11) is 0. The van der Waals surface area contributed by atoms with Crippen molar-refractivity contribution in [1.82, 2.24) is 0 Å². The van der Waals surface area contributed by atoms with Crippen molar-refractivity contribution < 1.29 is 18.7 Å². The molecule has 0 saturated carbocycles. The van der Waals surface area contributed by atoms with Crippen LogP contribution in [0.25, 0.3) is 0 Å². The Morgan fingerprint density at radius 2 is 1.72 bits per heavy atom. The van der Waals surface area contributed by atoms with Crippen LogP contribution in [0.4, 0.5) is 10.1 Å². The van der Waals surface area contributed by atoms with Gasteiger partial charge in [0.2, 0.25) is 0 Å². The summed E-state index contributed by atoms with van der Waals surface area (Å²) in [6, 6.07) is 13.2. The summed E-state index contributed by atoms with van der Waals surface area (Å²) in [5.41, 5.74) is 2.50. The molecule has 2 aromatic rings. The Bertz CT molecular complexity index is 711. The van der Waals surface area contributed by atoms with Crippen molar-refractivity contribution >= 4 is 17.6 Å². The molecule has 5 heteroatoms. The molecule has 0 fully saturated rings. The van der Waals surface area contributed by atoms with Gasteiger partial charge >= 0.3 is 5.97 Å². The second kappa shape index (κ2) is 8.97. The third kappa shape index (κ3) is 6.03. The normalized spacial score (nSPS) is 11.6. The summed E-state index contributed by atoms with van der Waals surface area (Å²) in [5, 5.41) is 2.69. The highest BCUT2D eigenvalue weighted by molar-refractivity contribution is 5.92. The van der Waals surface area contributed by atoms with Crippen molar-refractivity contribution in [3.05, 3.63) is 65.5 Å². The van der Waals surface area contributed by atoms with E-state index in [0.29, 0.717) is 17.2 Å². The molecule has 2 aromatic carbocycles. The molecule has 132 valence electrons. The van der Waals surface area contributed by atoms with E-state index >= 15 is 0 Å². The molecule has 0 aliphatic rings. The Labute approximate surface area is 147 Å². The van der Waals surface area contributed by atoms with Gasteiger partial charge < -0.3 is 10.1 Å². The van der Waals surface area contributed by atoms with Crippen molar-refractivity contribution in [2.24, 2.45) is 0 Å². The van der Waals surface area contributed by atoms with E-state index in [9.17, 15) is 14.0 Å². The van der Waals surface area contributed by atoms with Crippen LogP contribution in [0.5, 0.6) is 0 Å². The van der Waals surface area contributed by atoms with Gasteiger partial charge in [-0.1, -0.05) is 38.1 Å². The molecule has 0 heterocycles. The van der Waals surface area contributed by atoms with Crippen molar-refractivity contribution in [3.63, 3.8) is 0 Å². The summed E-state index contributed by atoms with van der Waals surface area (Å²) < 4.78 is 17.8. The van der Waals surface area contributed by atoms with Gasteiger partial charge in [-0.2, -0.15) is 0 Å². The first-order chi connectivity index (χ1) is 12.0. The number of hydrogen-bond acceptors (Lipinski definition) is 3. The quantitative estimate of drug-likeness (QED) is 0.771. The number of halogens is 1. The van der Waals surface area contributed by atoms with Gasteiger partial charge in [0.25, 0.3) is 5.91 Å². The zero-order valence-corrected chi connectivity index (χ0v) is 14.4. The predicted molar refractivity (Wildman–Crippen MR) is 94.8 cm³/mol. The second-order valence-electron chi connectivity index (χ2n) is 5.94. The Balaban J connectivity index is 1.78. The number of carbonyl (C=O) groups is 2. The van der Waals surface area contributed by atoms with Crippen LogP contribution < -0.4 is 5.32 Å². The standard InChI is InChI=1S/C20H22FNO3/c1-3-14(2)16-6-10-18(11-7-16)22-19(23)13-25-20(24)12-15-4-8-17(21)9-5-15/h4-11,14H,3,12-13H2,1-2H3,(H,22,23)/t14-/m0/s1. The van der Waals surface area contributed by atoms with Crippen LogP contribution in [-0.2, 0) is 20.7 Å². The average Bonchev–Trinajstić information content (AvgIpc) is 2.62. The molecule has 0 bridgehead atoms. The highest BCUT2D eigenvalue weighted by Gasteiger charge is 2.09. The molecule has 4 nitrogen and oxygen atoms in total. The van der Waals surface area contributed by atoms with E-state index in [1.165, 1.54) is 29.8 Å². The van der Waals surface area contributed by atoms with Crippen LogP contribution in [0.15, 0.2) is 48.5 Å². The smallest absolute Gasteiger partial charge is 0.310 e. The molecule has 0 unspecified atom stereocenters. The average molecular weight is 343 g/mol. The molecular formula is C20H22FNO3. The highest BCUT2D eigenvalue weighted by atomic mass is 19.1. The molecule has 0 spiro atoms. The first-order valence-electron chi connectivity index (χ1n) is 8.27. The number of ether oxygens (including phenoxy) is 1. The zero-order valence-electron chi connectivity index (χ0n) is 14.4. The predicted octanol–water partition coefficient (Wildman–Crippen LogP) is 4.06. The minimum Gasteiger partial charge on any atom is -0.455 e. The largest absolute Gasteiger partial charge is 0.455 e. The number of rotatable bonds is 7. The maximum Gasteiger partial charge on any atom is 0.310 e. The number of amides is 1. The molecule has 25 heavy (non-hydrogen) atoms. The first kappa shape index (κ1) is 18.6. The number of hydrogen-bond donors (Lipinski definition) is 1. The second-order valence-corrected chi connectivity index (χ2v) is 5.94. The summed E-state index contributed by atoms with van der Waals surface area (Å²) in [5.74, 6) is -0.828. The minimum absolute atomic E-state index is 0.00281. The SMILES string of the molecule is CC[C@H](C)c1ccc(NC(=O)COC(=O)Cc2ccc(F)cc2)cc1. The summed E-state index contributed by atoms with van der Waals surface area (Å²) >= 11 is 0. The maximum absolute atomic E-state index is 12.8. The number of benzene rings is 2. The molecule has 1 N–H and O–H groups in total.